The zero-order chi connectivity index (χ0) is 18.4. The van der Waals surface area contributed by atoms with E-state index in [-0.39, 0.29) is 24.8 Å². The number of benzene rings is 1. The van der Waals surface area contributed by atoms with E-state index in [1.54, 1.807) is 18.2 Å². The van der Waals surface area contributed by atoms with Gasteiger partial charge in [-0.15, -0.1) is 11.3 Å². The van der Waals surface area contributed by atoms with Crippen LogP contribution in [0.2, 0.25) is 0 Å². The van der Waals surface area contributed by atoms with Gasteiger partial charge in [0.1, 0.15) is 6.54 Å². The van der Waals surface area contributed by atoms with E-state index in [2.05, 4.69) is 19.2 Å². The third kappa shape index (κ3) is 5.53. The minimum absolute atomic E-state index is 0.269. The molecule has 6 heteroatoms. The zero-order valence-corrected chi connectivity index (χ0v) is 15.3. The number of Topliss-reactive ketones (excluding diaryl/α,β-unsaturated/α-hetero) is 1. The molecule has 2 rings (SSSR count). The minimum Gasteiger partial charge on any atom is -0.456 e. The Bertz CT molecular complexity index is 762. The first-order valence-electron chi connectivity index (χ1n) is 8.00. The van der Waals surface area contributed by atoms with Crippen LogP contribution in [0.4, 0.5) is 0 Å². The second-order valence-electron chi connectivity index (χ2n) is 5.95. The third-order valence-electron chi connectivity index (χ3n) is 3.62. The number of hydrogen-bond donors (Lipinski definition) is 1. The summed E-state index contributed by atoms with van der Waals surface area (Å²) in [7, 11) is 0. The Morgan fingerprint density at radius 1 is 1.08 bits per heavy atom. The average molecular weight is 359 g/mol. The molecule has 0 aliphatic carbocycles. The summed E-state index contributed by atoms with van der Waals surface area (Å²) in [5.41, 5.74) is 1.63. The topological polar surface area (TPSA) is 72.5 Å². The number of thiophene rings is 1. The van der Waals surface area contributed by atoms with Crippen LogP contribution >= 0.6 is 11.3 Å². The van der Waals surface area contributed by atoms with E-state index in [0.717, 1.165) is 10.4 Å². The van der Waals surface area contributed by atoms with Gasteiger partial charge < -0.3 is 10.1 Å². The summed E-state index contributed by atoms with van der Waals surface area (Å²) in [6.45, 7) is 5.44. The van der Waals surface area contributed by atoms with E-state index in [1.165, 1.54) is 11.3 Å². The normalized spacial score (nSPS) is 10.6. The van der Waals surface area contributed by atoms with Crippen molar-refractivity contribution in [1.82, 2.24) is 5.32 Å². The fraction of sp³-hybridized carbons (Fsp3) is 0.316. The van der Waals surface area contributed by atoms with Crippen molar-refractivity contribution < 1.29 is 19.1 Å². The fourth-order valence-corrected chi connectivity index (χ4v) is 2.91. The van der Waals surface area contributed by atoms with E-state index in [0.29, 0.717) is 16.4 Å². The molecule has 0 fully saturated rings. The van der Waals surface area contributed by atoms with Gasteiger partial charge in [-0.05, 0) is 30.5 Å². The average Bonchev–Trinajstić information content (AvgIpc) is 3.04. The van der Waals surface area contributed by atoms with Gasteiger partial charge in [-0.25, -0.2) is 0 Å². The highest BCUT2D eigenvalue weighted by atomic mass is 32.1. The van der Waals surface area contributed by atoms with E-state index in [9.17, 15) is 14.4 Å². The molecule has 25 heavy (non-hydrogen) atoms. The highest BCUT2D eigenvalue weighted by Crippen LogP contribution is 2.15. The Morgan fingerprint density at radius 2 is 1.76 bits per heavy atom. The van der Waals surface area contributed by atoms with Gasteiger partial charge in [-0.2, -0.15) is 0 Å². The van der Waals surface area contributed by atoms with Crippen molar-refractivity contribution in [2.45, 2.75) is 26.7 Å². The molecule has 1 aromatic carbocycles. The number of carbonyl (C=O) groups is 3. The molecular weight excluding hydrogens is 338 g/mol. The second kappa shape index (κ2) is 8.58. The lowest BCUT2D eigenvalue weighted by atomic mass is 10.0. The standard InChI is InChI=1S/C19H21NO4S/c1-12(2)14-5-7-15(8-6-14)16(21)11-24-18(22)10-20-19(23)17-9-4-13(3)25-17/h4-9,12H,10-11H2,1-3H3,(H,20,23). The SMILES string of the molecule is Cc1ccc(C(=O)NCC(=O)OCC(=O)c2ccc(C(C)C)cc2)s1. The van der Waals surface area contributed by atoms with Crippen LogP contribution in [0.5, 0.6) is 0 Å². The van der Waals surface area contributed by atoms with Crippen LogP contribution < -0.4 is 5.32 Å². The van der Waals surface area contributed by atoms with Crippen molar-refractivity contribution in [3.05, 3.63) is 57.3 Å². The van der Waals surface area contributed by atoms with E-state index >= 15 is 0 Å². The van der Waals surface area contributed by atoms with Gasteiger partial charge in [0.15, 0.2) is 12.4 Å². The zero-order valence-electron chi connectivity index (χ0n) is 14.5. The summed E-state index contributed by atoms with van der Waals surface area (Å²) < 4.78 is 4.93. The molecule has 1 amide bonds. The molecule has 1 aromatic heterocycles. The minimum atomic E-state index is -0.645. The lowest BCUT2D eigenvalue weighted by Crippen LogP contribution is -2.31. The first-order valence-corrected chi connectivity index (χ1v) is 8.82. The molecule has 0 saturated carbocycles. The van der Waals surface area contributed by atoms with Crippen LogP contribution in [0.1, 0.15) is 50.2 Å². The van der Waals surface area contributed by atoms with Crippen LogP contribution in [0.3, 0.4) is 0 Å². The molecule has 0 unspecified atom stereocenters. The molecule has 0 radical (unpaired) electrons. The summed E-state index contributed by atoms with van der Waals surface area (Å²) >= 11 is 1.35. The molecular formula is C19H21NO4S. The van der Waals surface area contributed by atoms with Crippen molar-refractivity contribution in [2.75, 3.05) is 13.2 Å². The smallest absolute Gasteiger partial charge is 0.325 e. The van der Waals surface area contributed by atoms with E-state index < -0.39 is 5.97 Å². The summed E-state index contributed by atoms with van der Waals surface area (Å²) in [5.74, 6) is -0.860. The first kappa shape index (κ1) is 18.9. The summed E-state index contributed by atoms with van der Waals surface area (Å²) in [5, 5.41) is 2.48. The van der Waals surface area contributed by atoms with Gasteiger partial charge in [-0.1, -0.05) is 38.1 Å². The van der Waals surface area contributed by atoms with Gasteiger partial charge in [0.25, 0.3) is 5.91 Å². The molecule has 0 bridgehead atoms. The molecule has 5 nitrogen and oxygen atoms in total. The van der Waals surface area contributed by atoms with Crippen LogP contribution in [0.25, 0.3) is 0 Å². The highest BCUT2D eigenvalue weighted by Gasteiger charge is 2.13. The van der Waals surface area contributed by atoms with E-state index in [4.69, 9.17) is 4.74 Å². The lowest BCUT2D eigenvalue weighted by Gasteiger charge is -2.07. The molecule has 0 spiro atoms. The molecule has 2 aromatic rings. The maximum Gasteiger partial charge on any atom is 0.325 e. The third-order valence-corrected chi connectivity index (χ3v) is 4.62. The Balaban J connectivity index is 1.77. The van der Waals surface area contributed by atoms with Crippen LogP contribution in [0, 0.1) is 6.92 Å². The molecule has 0 aliphatic rings. The van der Waals surface area contributed by atoms with Crippen LogP contribution in [0.15, 0.2) is 36.4 Å². The van der Waals surface area contributed by atoms with Crippen LogP contribution in [-0.2, 0) is 9.53 Å². The molecule has 1 N–H and O–H groups in total. The maximum absolute atomic E-state index is 12.0. The molecule has 1 heterocycles. The number of ketones is 1. The maximum atomic E-state index is 12.0. The number of esters is 1. The second-order valence-corrected chi connectivity index (χ2v) is 7.24. The number of rotatable bonds is 7. The Labute approximate surface area is 151 Å². The number of aryl methyl sites for hydroxylation is 1. The number of ether oxygens (including phenoxy) is 1. The van der Waals surface area contributed by atoms with Gasteiger partial charge in [0.05, 0.1) is 4.88 Å². The Morgan fingerprint density at radius 3 is 2.32 bits per heavy atom. The first-order chi connectivity index (χ1) is 11.9. The van der Waals surface area contributed by atoms with Crippen molar-refractivity contribution in [2.24, 2.45) is 0 Å². The highest BCUT2D eigenvalue weighted by molar-refractivity contribution is 7.13. The molecule has 0 saturated heterocycles. The predicted octanol–water partition coefficient (Wildman–Crippen LogP) is 3.34. The van der Waals surface area contributed by atoms with Gasteiger partial charge in [0, 0.05) is 10.4 Å². The lowest BCUT2D eigenvalue weighted by molar-refractivity contribution is -0.141. The monoisotopic (exact) mass is 359 g/mol. The van der Waals surface area contributed by atoms with Crippen molar-refractivity contribution >= 4 is 29.0 Å². The Hall–Kier alpha value is -2.47. The molecule has 132 valence electrons. The number of carbonyl (C=O) groups excluding carboxylic acids is 3. The summed E-state index contributed by atoms with van der Waals surface area (Å²) in [6.07, 6.45) is 0. The van der Waals surface area contributed by atoms with Crippen molar-refractivity contribution in [3.8, 4) is 0 Å². The molecule has 0 aliphatic heterocycles. The Kier molecular flexibility index (Phi) is 6.47. The summed E-state index contributed by atoms with van der Waals surface area (Å²) in [4.78, 5) is 37.1. The number of amides is 1. The van der Waals surface area contributed by atoms with Gasteiger partial charge >= 0.3 is 5.97 Å². The van der Waals surface area contributed by atoms with Crippen molar-refractivity contribution in [1.29, 1.82) is 0 Å². The molecule has 0 atom stereocenters. The van der Waals surface area contributed by atoms with Crippen molar-refractivity contribution in [3.63, 3.8) is 0 Å². The predicted molar refractivity (Wildman–Crippen MR) is 97.2 cm³/mol. The number of hydrogen-bond acceptors (Lipinski definition) is 5. The fourth-order valence-electron chi connectivity index (χ4n) is 2.13. The largest absolute Gasteiger partial charge is 0.456 e. The summed E-state index contributed by atoms with van der Waals surface area (Å²) in [6, 6.07) is 10.8. The number of nitrogens with one attached hydrogen (secondary N) is 1. The van der Waals surface area contributed by atoms with Gasteiger partial charge in [-0.3, -0.25) is 14.4 Å². The van der Waals surface area contributed by atoms with Gasteiger partial charge in [0.2, 0.25) is 0 Å². The van der Waals surface area contributed by atoms with E-state index in [1.807, 2.05) is 25.1 Å². The van der Waals surface area contributed by atoms with Crippen LogP contribution in [-0.4, -0.2) is 30.8 Å². The quantitative estimate of drug-likeness (QED) is 0.608.